The number of rotatable bonds is 4. The number of fused-ring (bicyclic) bond motifs is 1. The fourth-order valence-corrected chi connectivity index (χ4v) is 2.41. The highest BCUT2D eigenvalue weighted by Crippen LogP contribution is 2.18. The van der Waals surface area contributed by atoms with Gasteiger partial charge in [0.05, 0.1) is 6.26 Å². The van der Waals surface area contributed by atoms with Crippen molar-refractivity contribution in [1.82, 2.24) is 24.9 Å². The first-order valence-corrected chi connectivity index (χ1v) is 7.60. The Morgan fingerprint density at radius 3 is 2.76 bits per heavy atom. The summed E-state index contributed by atoms with van der Waals surface area (Å²) in [6.07, 6.45) is 1.53. The molecule has 1 amide bonds. The molecule has 0 saturated heterocycles. The molecule has 0 aliphatic rings. The zero-order valence-corrected chi connectivity index (χ0v) is 13.1. The fraction of sp³-hybridized carbons (Fsp3) is 0.0588. The summed E-state index contributed by atoms with van der Waals surface area (Å²) in [5.74, 6) is 0.631. The minimum Gasteiger partial charge on any atom is -0.461 e. The summed E-state index contributed by atoms with van der Waals surface area (Å²) >= 11 is 0. The summed E-state index contributed by atoms with van der Waals surface area (Å²) in [5.41, 5.74) is 7.50. The van der Waals surface area contributed by atoms with E-state index in [-0.39, 0.29) is 17.5 Å². The van der Waals surface area contributed by atoms with Crippen LogP contribution in [0.5, 0.6) is 0 Å². The number of nitrogens with one attached hydrogen (secondary N) is 1. The van der Waals surface area contributed by atoms with Gasteiger partial charge >= 0.3 is 0 Å². The molecule has 0 atom stereocenters. The normalized spacial score (nSPS) is 10.9. The largest absolute Gasteiger partial charge is 0.461 e. The second-order valence-electron chi connectivity index (χ2n) is 5.35. The number of benzene rings is 1. The number of hydrogen-bond acceptors (Lipinski definition) is 6. The average Bonchev–Trinajstić information content (AvgIpc) is 3.29. The molecule has 8 heteroatoms. The van der Waals surface area contributed by atoms with E-state index in [0.29, 0.717) is 23.8 Å². The highest BCUT2D eigenvalue weighted by Gasteiger charge is 2.15. The van der Waals surface area contributed by atoms with E-state index in [0.717, 1.165) is 5.56 Å². The van der Waals surface area contributed by atoms with Crippen molar-refractivity contribution in [3.8, 4) is 11.6 Å². The highest BCUT2D eigenvalue weighted by atomic mass is 16.3. The predicted octanol–water partition coefficient (Wildman–Crippen LogP) is 1.90. The monoisotopic (exact) mass is 334 g/mol. The summed E-state index contributed by atoms with van der Waals surface area (Å²) in [7, 11) is 0. The number of carbonyl (C=O) groups is 1. The fourth-order valence-electron chi connectivity index (χ4n) is 2.41. The van der Waals surface area contributed by atoms with Crippen LogP contribution in [0.2, 0.25) is 0 Å². The predicted molar refractivity (Wildman–Crippen MR) is 90.5 cm³/mol. The van der Waals surface area contributed by atoms with Crippen LogP contribution in [0.15, 0.2) is 59.2 Å². The molecular formula is C17H14N6O2. The molecule has 0 aliphatic heterocycles. The van der Waals surface area contributed by atoms with Crippen molar-refractivity contribution >= 4 is 17.5 Å². The Hall–Kier alpha value is -3.68. The summed E-state index contributed by atoms with van der Waals surface area (Å²) in [6, 6.07) is 14.6. The number of nitrogen functional groups attached to an aromatic ring is 1. The Bertz CT molecular complexity index is 1020. The average molecular weight is 334 g/mol. The Labute approximate surface area is 142 Å². The van der Waals surface area contributed by atoms with Gasteiger partial charge in [-0.25, -0.2) is 9.97 Å². The van der Waals surface area contributed by atoms with E-state index in [1.165, 1.54) is 16.8 Å². The maximum absolute atomic E-state index is 12.3. The third-order valence-electron chi connectivity index (χ3n) is 3.62. The van der Waals surface area contributed by atoms with Crippen LogP contribution in [0, 0.1) is 0 Å². The molecule has 4 aromatic rings. The first kappa shape index (κ1) is 14.9. The standard InChI is InChI=1S/C17H14N6O2/c18-17-20-12(16(24)19-10-11-5-2-1-3-6-11)9-14-21-15(22-23(14)17)13-7-4-8-25-13/h1-9H,10H2,(H2,18,20)(H,19,24). The van der Waals surface area contributed by atoms with E-state index < -0.39 is 0 Å². The number of nitrogens with zero attached hydrogens (tertiary/aromatic N) is 4. The smallest absolute Gasteiger partial charge is 0.270 e. The van der Waals surface area contributed by atoms with Crippen molar-refractivity contribution in [3.63, 3.8) is 0 Å². The number of nitrogens with two attached hydrogens (primary N) is 1. The minimum atomic E-state index is -0.333. The third-order valence-corrected chi connectivity index (χ3v) is 3.62. The van der Waals surface area contributed by atoms with Crippen molar-refractivity contribution in [2.24, 2.45) is 0 Å². The van der Waals surface area contributed by atoms with Gasteiger partial charge in [0.1, 0.15) is 5.69 Å². The number of hydrogen-bond donors (Lipinski definition) is 2. The number of aromatic nitrogens is 4. The molecule has 0 radical (unpaired) electrons. The van der Waals surface area contributed by atoms with E-state index in [1.54, 1.807) is 12.1 Å². The van der Waals surface area contributed by atoms with Gasteiger partial charge in [0.2, 0.25) is 11.8 Å². The number of amides is 1. The lowest BCUT2D eigenvalue weighted by molar-refractivity contribution is 0.0946. The maximum atomic E-state index is 12.3. The molecule has 1 aromatic carbocycles. The van der Waals surface area contributed by atoms with Gasteiger partial charge < -0.3 is 15.5 Å². The van der Waals surface area contributed by atoms with Crippen LogP contribution < -0.4 is 11.1 Å². The van der Waals surface area contributed by atoms with Crippen LogP contribution in [0.3, 0.4) is 0 Å². The van der Waals surface area contributed by atoms with Gasteiger partial charge in [-0.15, -0.1) is 5.10 Å². The molecule has 3 N–H and O–H groups in total. The lowest BCUT2D eigenvalue weighted by Crippen LogP contribution is -2.24. The van der Waals surface area contributed by atoms with Crippen molar-refractivity contribution in [2.75, 3.05) is 5.73 Å². The van der Waals surface area contributed by atoms with Crippen LogP contribution in [-0.4, -0.2) is 25.5 Å². The molecule has 0 unspecified atom stereocenters. The van der Waals surface area contributed by atoms with E-state index in [4.69, 9.17) is 10.2 Å². The molecule has 0 aliphatic carbocycles. The molecule has 3 heterocycles. The van der Waals surface area contributed by atoms with Crippen molar-refractivity contribution in [1.29, 1.82) is 0 Å². The number of furan rings is 1. The Balaban J connectivity index is 1.60. The Morgan fingerprint density at radius 1 is 1.16 bits per heavy atom. The van der Waals surface area contributed by atoms with Gasteiger partial charge in [0, 0.05) is 12.6 Å². The summed E-state index contributed by atoms with van der Waals surface area (Å²) in [6.45, 7) is 0.400. The third kappa shape index (κ3) is 2.92. The minimum absolute atomic E-state index is 0.0765. The SMILES string of the molecule is Nc1nc(C(=O)NCc2ccccc2)cc2nc(-c3ccco3)nn12. The van der Waals surface area contributed by atoms with Crippen molar-refractivity contribution in [2.45, 2.75) is 6.54 Å². The van der Waals surface area contributed by atoms with Crippen LogP contribution in [0.1, 0.15) is 16.1 Å². The van der Waals surface area contributed by atoms with Gasteiger partial charge in [0.25, 0.3) is 5.91 Å². The lowest BCUT2D eigenvalue weighted by Gasteiger charge is -2.06. The van der Waals surface area contributed by atoms with Gasteiger partial charge in [0.15, 0.2) is 11.4 Å². The van der Waals surface area contributed by atoms with E-state index in [1.807, 2.05) is 30.3 Å². The second kappa shape index (κ2) is 6.08. The number of carbonyl (C=O) groups excluding carboxylic acids is 1. The molecule has 3 aromatic heterocycles. The first-order chi connectivity index (χ1) is 12.2. The summed E-state index contributed by atoms with van der Waals surface area (Å²) in [5, 5.41) is 7.05. The molecule has 124 valence electrons. The molecular weight excluding hydrogens is 320 g/mol. The Kier molecular flexibility index (Phi) is 3.62. The summed E-state index contributed by atoms with van der Waals surface area (Å²) in [4.78, 5) is 20.8. The molecule has 0 bridgehead atoms. The Morgan fingerprint density at radius 2 is 2.00 bits per heavy atom. The van der Waals surface area contributed by atoms with Crippen molar-refractivity contribution < 1.29 is 9.21 Å². The van der Waals surface area contributed by atoms with Crippen LogP contribution in [0.25, 0.3) is 17.2 Å². The quantitative estimate of drug-likeness (QED) is 0.589. The van der Waals surface area contributed by atoms with Crippen LogP contribution >= 0.6 is 0 Å². The van der Waals surface area contributed by atoms with E-state index in [2.05, 4.69) is 20.4 Å². The van der Waals surface area contributed by atoms with Crippen LogP contribution in [0.4, 0.5) is 5.95 Å². The van der Waals surface area contributed by atoms with Crippen LogP contribution in [-0.2, 0) is 6.54 Å². The van der Waals surface area contributed by atoms with E-state index in [9.17, 15) is 4.79 Å². The molecule has 8 nitrogen and oxygen atoms in total. The van der Waals surface area contributed by atoms with Crippen molar-refractivity contribution in [3.05, 3.63) is 66.1 Å². The van der Waals surface area contributed by atoms with Gasteiger partial charge in [-0.2, -0.15) is 4.52 Å². The zero-order valence-electron chi connectivity index (χ0n) is 13.1. The van der Waals surface area contributed by atoms with Gasteiger partial charge in [-0.3, -0.25) is 4.79 Å². The zero-order chi connectivity index (χ0) is 17.2. The maximum Gasteiger partial charge on any atom is 0.270 e. The highest BCUT2D eigenvalue weighted by molar-refractivity contribution is 5.93. The molecule has 0 saturated carbocycles. The molecule has 4 rings (SSSR count). The summed E-state index contributed by atoms with van der Waals surface area (Å²) < 4.78 is 6.64. The topological polar surface area (TPSA) is 111 Å². The lowest BCUT2D eigenvalue weighted by atomic mass is 10.2. The second-order valence-corrected chi connectivity index (χ2v) is 5.35. The van der Waals surface area contributed by atoms with Gasteiger partial charge in [-0.05, 0) is 17.7 Å². The van der Waals surface area contributed by atoms with Gasteiger partial charge in [-0.1, -0.05) is 30.3 Å². The molecule has 0 spiro atoms. The van der Waals surface area contributed by atoms with E-state index >= 15 is 0 Å². The first-order valence-electron chi connectivity index (χ1n) is 7.60. The number of anilines is 1. The molecule has 25 heavy (non-hydrogen) atoms. The molecule has 0 fully saturated rings.